The topological polar surface area (TPSA) is 95.9 Å². The van der Waals surface area contributed by atoms with Crippen LogP contribution in [0.15, 0.2) is 48.5 Å². The molecule has 34 heavy (non-hydrogen) atoms. The van der Waals surface area contributed by atoms with Crippen molar-refractivity contribution in [3.63, 3.8) is 0 Å². The van der Waals surface area contributed by atoms with E-state index in [0.717, 1.165) is 22.3 Å². The van der Waals surface area contributed by atoms with Gasteiger partial charge in [-0.25, -0.2) is 4.79 Å². The molecule has 2 aromatic rings. The summed E-state index contributed by atoms with van der Waals surface area (Å²) in [4.78, 5) is 38.2. The third-order valence-corrected chi connectivity index (χ3v) is 6.68. The largest absolute Gasteiger partial charge is 0.481 e. The van der Waals surface area contributed by atoms with Crippen LogP contribution < -0.4 is 5.32 Å². The van der Waals surface area contributed by atoms with Crippen LogP contribution in [0.2, 0.25) is 0 Å². The van der Waals surface area contributed by atoms with Crippen molar-refractivity contribution < 1.29 is 24.2 Å². The number of rotatable bonds is 9. The molecule has 1 atom stereocenters. The predicted octanol–water partition coefficient (Wildman–Crippen LogP) is 4.26. The number of hydrogen-bond acceptors (Lipinski definition) is 4. The smallest absolute Gasteiger partial charge is 0.407 e. The van der Waals surface area contributed by atoms with Gasteiger partial charge in [-0.1, -0.05) is 62.4 Å². The van der Waals surface area contributed by atoms with Gasteiger partial charge in [-0.2, -0.15) is 0 Å². The molecule has 0 unspecified atom stereocenters. The van der Waals surface area contributed by atoms with Crippen LogP contribution in [0.1, 0.15) is 50.2 Å². The molecule has 1 aliphatic heterocycles. The van der Waals surface area contributed by atoms with Crippen molar-refractivity contribution in [2.75, 3.05) is 19.7 Å². The van der Waals surface area contributed by atoms with Crippen LogP contribution >= 0.6 is 0 Å². The second-order valence-electron chi connectivity index (χ2n) is 9.69. The monoisotopic (exact) mass is 464 g/mol. The van der Waals surface area contributed by atoms with Gasteiger partial charge in [0.25, 0.3) is 0 Å². The molecule has 1 saturated heterocycles. The quantitative estimate of drug-likeness (QED) is 0.578. The van der Waals surface area contributed by atoms with E-state index in [2.05, 4.69) is 29.6 Å². The first-order valence-corrected chi connectivity index (χ1v) is 12.0. The minimum absolute atomic E-state index is 0.0391. The molecule has 180 valence electrons. The zero-order valence-corrected chi connectivity index (χ0v) is 19.7. The van der Waals surface area contributed by atoms with E-state index in [1.165, 1.54) is 0 Å². The van der Waals surface area contributed by atoms with E-state index in [1.807, 2.05) is 38.1 Å². The van der Waals surface area contributed by atoms with Crippen molar-refractivity contribution in [2.24, 2.45) is 11.8 Å². The first-order chi connectivity index (χ1) is 16.3. The van der Waals surface area contributed by atoms with Crippen LogP contribution in [0.5, 0.6) is 0 Å². The Balaban J connectivity index is 1.35. The Labute approximate surface area is 200 Å². The molecule has 0 aromatic heterocycles. The van der Waals surface area contributed by atoms with Gasteiger partial charge >= 0.3 is 12.1 Å². The summed E-state index contributed by atoms with van der Waals surface area (Å²) in [6.07, 6.45) is 0.594. The van der Waals surface area contributed by atoms with E-state index in [1.54, 1.807) is 4.90 Å². The van der Waals surface area contributed by atoms with E-state index in [9.17, 15) is 14.4 Å². The molecule has 1 aliphatic carbocycles. The summed E-state index contributed by atoms with van der Waals surface area (Å²) in [7, 11) is 0. The zero-order valence-electron chi connectivity index (χ0n) is 19.7. The van der Waals surface area contributed by atoms with E-state index in [0.29, 0.717) is 25.9 Å². The number of carboxylic acids is 1. The summed E-state index contributed by atoms with van der Waals surface area (Å²) >= 11 is 0. The van der Waals surface area contributed by atoms with Crippen LogP contribution in [0.25, 0.3) is 11.1 Å². The van der Waals surface area contributed by atoms with Crippen molar-refractivity contribution >= 4 is 18.0 Å². The van der Waals surface area contributed by atoms with Gasteiger partial charge in [-0.3, -0.25) is 9.59 Å². The average molecular weight is 465 g/mol. The number of carboxylic acid groups (broad SMARTS) is 1. The normalized spacial score (nSPS) is 15.9. The standard InChI is InChI=1S/C27H32N2O5/c1-17(2)13-24(26(32)29-14-18(15-29)11-12-25(30)31)28-27(33)34-16-23-21-9-5-3-7-19(21)20-8-4-6-10-22(20)23/h3-10,17-18,23-24H,11-16H2,1-2H3,(H,28,33)(H,30,31)/t24-/m1/s1. The molecule has 1 heterocycles. The average Bonchev–Trinajstić information content (AvgIpc) is 3.09. The molecule has 7 nitrogen and oxygen atoms in total. The molecule has 0 radical (unpaired) electrons. The van der Waals surface area contributed by atoms with Crippen LogP contribution in [0, 0.1) is 11.8 Å². The zero-order chi connectivity index (χ0) is 24.2. The third-order valence-electron chi connectivity index (χ3n) is 6.68. The number of carbonyl (C=O) groups excluding carboxylic acids is 2. The van der Waals surface area contributed by atoms with Crippen molar-refractivity contribution in [1.29, 1.82) is 0 Å². The first-order valence-electron chi connectivity index (χ1n) is 12.0. The highest BCUT2D eigenvalue weighted by Gasteiger charge is 2.36. The fraction of sp³-hybridized carbons (Fsp3) is 0.444. The summed E-state index contributed by atoms with van der Waals surface area (Å²) in [5, 5.41) is 11.6. The molecule has 4 rings (SSSR count). The Morgan fingerprint density at radius 2 is 1.62 bits per heavy atom. The molecule has 1 fully saturated rings. The number of nitrogens with one attached hydrogen (secondary N) is 1. The second-order valence-corrected chi connectivity index (χ2v) is 9.69. The van der Waals surface area contributed by atoms with E-state index in [-0.39, 0.29) is 36.7 Å². The number of alkyl carbamates (subject to hydrolysis) is 1. The Morgan fingerprint density at radius 3 is 2.18 bits per heavy atom. The summed E-state index contributed by atoms with van der Waals surface area (Å²) in [6.45, 7) is 5.28. The highest BCUT2D eigenvalue weighted by molar-refractivity contribution is 5.86. The fourth-order valence-electron chi connectivity index (χ4n) is 4.96. The lowest BCUT2D eigenvalue weighted by Gasteiger charge is -2.41. The first kappa shape index (κ1) is 23.8. The fourth-order valence-corrected chi connectivity index (χ4v) is 4.96. The number of aliphatic carboxylic acids is 1. The predicted molar refractivity (Wildman–Crippen MR) is 128 cm³/mol. The maximum absolute atomic E-state index is 13.0. The molecule has 0 saturated carbocycles. The van der Waals surface area contributed by atoms with Gasteiger partial charge in [0, 0.05) is 25.4 Å². The number of fused-ring (bicyclic) bond motifs is 3. The van der Waals surface area contributed by atoms with Gasteiger partial charge in [0.05, 0.1) is 0 Å². The number of carbonyl (C=O) groups is 3. The summed E-state index contributed by atoms with van der Waals surface area (Å²) < 4.78 is 5.63. The lowest BCUT2D eigenvalue weighted by Crippen LogP contribution is -2.57. The van der Waals surface area contributed by atoms with Gasteiger partial charge in [0.1, 0.15) is 12.6 Å². The molecule has 2 aromatic carbocycles. The molecular weight excluding hydrogens is 432 g/mol. The number of nitrogens with zero attached hydrogens (tertiary/aromatic N) is 1. The van der Waals surface area contributed by atoms with Gasteiger partial charge in [0.2, 0.25) is 5.91 Å². The SMILES string of the molecule is CC(C)C[C@@H](NC(=O)OCC1c2ccccc2-c2ccccc21)C(=O)N1CC(CCC(=O)O)C1. The number of likely N-dealkylation sites (tertiary alicyclic amines) is 1. The number of ether oxygens (including phenoxy) is 1. The number of amides is 2. The van der Waals surface area contributed by atoms with Gasteiger partial charge in [-0.15, -0.1) is 0 Å². The summed E-state index contributed by atoms with van der Waals surface area (Å²) in [6, 6.07) is 15.7. The van der Waals surface area contributed by atoms with Crippen molar-refractivity contribution in [3.8, 4) is 11.1 Å². The van der Waals surface area contributed by atoms with Crippen molar-refractivity contribution in [2.45, 2.75) is 45.1 Å². The lowest BCUT2D eigenvalue weighted by atomic mass is 9.92. The Bertz CT molecular complexity index is 1010. The van der Waals surface area contributed by atoms with Gasteiger partial charge in [0.15, 0.2) is 0 Å². The summed E-state index contributed by atoms with van der Waals surface area (Å²) in [5.74, 6) is -0.572. The van der Waals surface area contributed by atoms with Crippen LogP contribution in [-0.4, -0.2) is 53.7 Å². The summed E-state index contributed by atoms with van der Waals surface area (Å²) in [5.41, 5.74) is 4.60. The van der Waals surface area contributed by atoms with Crippen LogP contribution in [0.3, 0.4) is 0 Å². The van der Waals surface area contributed by atoms with Crippen LogP contribution in [0.4, 0.5) is 4.79 Å². The van der Waals surface area contributed by atoms with Gasteiger partial charge < -0.3 is 20.1 Å². The molecule has 2 aliphatic rings. The molecular formula is C27H32N2O5. The molecule has 0 spiro atoms. The number of hydrogen-bond donors (Lipinski definition) is 2. The van der Waals surface area contributed by atoms with Crippen molar-refractivity contribution in [3.05, 3.63) is 59.7 Å². The Morgan fingerprint density at radius 1 is 1.03 bits per heavy atom. The van der Waals surface area contributed by atoms with Gasteiger partial charge in [-0.05, 0) is 46.9 Å². The highest BCUT2D eigenvalue weighted by Crippen LogP contribution is 2.44. The maximum Gasteiger partial charge on any atom is 0.407 e. The molecule has 2 amide bonds. The maximum atomic E-state index is 13.0. The Hall–Kier alpha value is -3.35. The Kier molecular flexibility index (Phi) is 7.20. The van der Waals surface area contributed by atoms with E-state index < -0.39 is 18.1 Å². The van der Waals surface area contributed by atoms with E-state index in [4.69, 9.17) is 9.84 Å². The van der Waals surface area contributed by atoms with Crippen molar-refractivity contribution in [1.82, 2.24) is 10.2 Å². The molecule has 2 N–H and O–H groups in total. The third kappa shape index (κ3) is 5.24. The minimum Gasteiger partial charge on any atom is -0.481 e. The highest BCUT2D eigenvalue weighted by atomic mass is 16.5. The van der Waals surface area contributed by atoms with Crippen LogP contribution in [-0.2, 0) is 14.3 Å². The molecule has 7 heteroatoms. The number of benzene rings is 2. The second kappa shape index (κ2) is 10.3. The lowest BCUT2D eigenvalue weighted by molar-refractivity contribution is -0.141. The minimum atomic E-state index is -0.820. The molecule has 0 bridgehead atoms. The van der Waals surface area contributed by atoms with E-state index >= 15 is 0 Å².